The van der Waals surface area contributed by atoms with Crippen LogP contribution >= 0.6 is 0 Å². The van der Waals surface area contributed by atoms with Gasteiger partial charge in [-0.15, -0.1) is 0 Å². The maximum absolute atomic E-state index is 13.6. The summed E-state index contributed by atoms with van der Waals surface area (Å²) in [6, 6.07) is 7.01. The Morgan fingerprint density at radius 3 is 2.73 bits per heavy atom. The number of nitrogens with one attached hydrogen (secondary N) is 2. The number of aryl methyl sites for hydroxylation is 2. The van der Waals surface area contributed by atoms with E-state index in [0.717, 1.165) is 17.0 Å². The summed E-state index contributed by atoms with van der Waals surface area (Å²) in [5.74, 6) is 1.14. The molecule has 2 aromatic rings. The molecule has 0 bridgehead atoms. The van der Waals surface area contributed by atoms with Crippen LogP contribution in [0.15, 0.2) is 33.8 Å². The predicted octanol–water partition coefficient (Wildman–Crippen LogP) is 2.86. The molecule has 0 amide bonds. The van der Waals surface area contributed by atoms with Crippen LogP contribution in [0, 0.1) is 19.7 Å². The van der Waals surface area contributed by atoms with Crippen molar-refractivity contribution in [1.29, 1.82) is 0 Å². The Hall–Kier alpha value is -2.37. The highest BCUT2D eigenvalue weighted by molar-refractivity contribution is 5.80. The molecule has 2 rings (SSSR count). The molecule has 0 aliphatic heterocycles. The van der Waals surface area contributed by atoms with E-state index in [9.17, 15) is 4.39 Å². The molecule has 22 heavy (non-hydrogen) atoms. The minimum atomic E-state index is -0.203. The molecule has 1 heterocycles. The van der Waals surface area contributed by atoms with Gasteiger partial charge in [-0.3, -0.25) is 4.99 Å². The monoisotopic (exact) mass is 304 g/mol. The number of aromatic nitrogens is 1. The molecule has 5 nitrogen and oxygen atoms in total. The topological polar surface area (TPSA) is 62.5 Å². The average Bonchev–Trinajstić information content (AvgIpc) is 2.91. The van der Waals surface area contributed by atoms with Gasteiger partial charge < -0.3 is 15.2 Å². The predicted molar refractivity (Wildman–Crippen MR) is 84.1 cm³/mol. The van der Waals surface area contributed by atoms with Gasteiger partial charge in [-0.25, -0.2) is 4.39 Å². The molecular weight excluding hydrogens is 283 g/mol. The van der Waals surface area contributed by atoms with Gasteiger partial charge in [0.1, 0.15) is 5.82 Å². The van der Waals surface area contributed by atoms with Crippen LogP contribution in [0.3, 0.4) is 0 Å². The van der Waals surface area contributed by atoms with Crippen LogP contribution in [0.2, 0.25) is 0 Å². The minimum Gasteiger partial charge on any atom is -0.359 e. The van der Waals surface area contributed by atoms with Crippen molar-refractivity contribution in [2.24, 2.45) is 4.99 Å². The molecule has 0 saturated heterocycles. The number of rotatable bonds is 4. The van der Waals surface area contributed by atoms with Crippen LogP contribution in [0.1, 0.15) is 35.5 Å². The van der Waals surface area contributed by atoms with Crippen molar-refractivity contribution >= 4 is 5.96 Å². The summed E-state index contributed by atoms with van der Waals surface area (Å²) in [5.41, 5.74) is 2.34. The van der Waals surface area contributed by atoms with Crippen molar-refractivity contribution in [3.05, 3.63) is 52.7 Å². The fourth-order valence-electron chi connectivity index (χ4n) is 2.03. The quantitative estimate of drug-likeness (QED) is 0.673. The van der Waals surface area contributed by atoms with Gasteiger partial charge in [0.2, 0.25) is 0 Å². The van der Waals surface area contributed by atoms with E-state index < -0.39 is 0 Å². The Balaban J connectivity index is 1.95. The maximum Gasteiger partial charge on any atom is 0.191 e. The normalized spacial score (nSPS) is 13.0. The number of aliphatic imine (C=N–C) groups is 1. The van der Waals surface area contributed by atoms with Crippen LogP contribution in [0.4, 0.5) is 4.39 Å². The smallest absolute Gasteiger partial charge is 0.191 e. The molecule has 1 atom stereocenters. The summed E-state index contributed by atoms with van der Waals surface area (Å²) < 4.78 is 18.8. The zero-order valence-electron chi connectivity index (χ0n) is 13.3. The minimum absolute atomic E-state index is 0.0715. The van der Waals surface area contributed by atoms with Gasteiger partial charge >= 0.3 is 0 Å². The molecule has 0 saturated carbocycles. The lowest BCUT2D eigenvalue weighted by Gasteiger charge is -2.18. The van der Waals surface area contributed by atoms with E-state index in [1.54, 1.807) is 26.1 Å². The number of hydrogen-bond donors (Lipinski definition) is 2. The SMILES string of the molecule is CN=C(NCc1cc(C)no1)NC(C)c1ccc(C)c(F)c1. The lowest BCUT2D eigenvalue weighted by molar-refractivity contribution is 0.376. The van der Waals surface area contributed by atoms with Gasteiger partial charge in [0.05, 0.1) is 18.3 Å². The van der Waals surface area contributed by atoms with E-state index in [1.807, 2.05) is 26.0 Å². The molecule has 2 N–H and O–H groups in total. The lowest BCUT2D eigenvalue weighted by atomic mass is 10.1. The fraction of sp³-hybridized carbons (Fsp3) is 0.375. The van der Waals surface area contributed by atoms with E-state index in [0.29, 0.717) is 18.1 Å². The second-order valence-corrected chi connectivity index (χ2v) is 5.24. The first kappa shape index (κ1) is 16.0. The van der Waals surface area contributed by atoms with Gasteiger partial charge in [0, 0.05) is 13.1 Å². The summed E-state index contributed by atoms with van der Waals surface area (Å²) in [4.78, 5) is 4.15. The number of nitrogens with zero attached hydrogens (tertiary/aromatic N) is 2. The first-order chi connectivity index (χ1) is 10.5. The van der Waals surface area contributed by atoms with Gasteiger partial charge in [0.15, 0.2) is 11.7 Å². The Bertz CT molecular complexity index is 666. The summed E-state index contributed by atoms with van der Waals surface area (Å²) in [7, 11) is 1.68. The van der Waals surface area contributed by atoms with E-state index in [2.05, 4.69) is 20.8 Å². The lowest BCUT2D eigenvalue weighted by Crippen LogP contribution is -2.38. The summed E-state index contributed by atoms with van der Waals surface area (Å²) in [6.07, 6.45) is 0. The number of guanidine groups is 1. The maximum atomic E-state index is 13.6. The van der Waals surface area contributed by atoms with E-state index in [-0.39, 0.29) is 11.9 Å². The fourth-order valence-corrected chi connectivity index (χ4v) is 2.03. The van der Waals surface area contributed by atoms with Crippen molar-refractivity contribution in [2.75, 3.05) is 7.05 Å². The van der Waals surface area contributed by atoms with Crippen LogP contribution in [0.5, 0.6) is 0 Å². The Kier molecular flexibility index (Phi) is 5.14. The van der Waals surface area contributed by atoms with E-state index in [4.69, 9.17) is 4.52 Å². The Labute approximate surface area is 129 Å². The van der Waals surface area contributed by atoms with Crippen LogP contribution in [-0.4, -0.2) is 18.2 Å². The zero-order chi connectivity index (χ0) is 16.1. The number of halogens is 1. The van der Waals surface area contributed by atoms with Crippen molar-refractivity contribution in [3.8, 4) is 0 Å². The Morgan fingerprint density at radius 1 is 1.36 bits per heavy atom. The molecule has 0 fully saturated rings. The van der Waals surface area contributed by atoms with Crippen LogP contribution < -0.4 is 10.6 Å². The highest BCUT2D eigenvalue weighted by Gasteiger charge is 2.10. The standard InChI is InChI=1S/C16H21FN4O/c1-10-5-6-13(8-15(10)17)12(3)20-16(18-4)19-9-14-7-11(2)21-22-14/h5-8,12H,9H2,1-4H3,(H2,18,19,20). The van der Waals surface area contributed by atoms with Crippen molar-refractivity contribution in [2.45, 2.75) is 33.4 Å². The Morgan fingerprint density at radius 2 is 2.14 bits per heavy atom. The highest BCUT2D eigenvalue weighted by atomic mass is 19.1. The van der Waals surface area contributed by atoms with Crippen molar-refractivity contribution in [1.82, 2.24) is 15.8 Å². The van der Waals surface area contributed by atoms with Gasteiger partial charge in [0.25, 0.3) is 0 Å². The molecule has 1 aromatic heterocycles. The molecule has 6 heteroatoms. The molecular formula is C16H21FN4O. The summed E-state index contributed by atoms with van der Waals surface area (Å²) in [6.45, 7) is 6.05. The van der Waals surface area contributed by atoms with Gasteiger partial charge in [-0.2, -0.15) is 0 Å². The third-order valence-electron chi connectivity index (χ3n) is 3.38. The molecule has 0 radical (unpaired) electrons. The third-order valence-corrected chi connectivity index (χ3v) is 3.38. The molecule has 0 aliphatic rings. The van der Waals surface area contributed by atoms with Crippen LogP contribution in [-0.2, 0) is 6.54 Å². The molecule has 1 unspecified atom stereocenters. The largest absolute Gasteiger partial charge is 0.359 e. The average molecular weight is 304 g/mol. The summed E-state index contributed by atoms with van der Waals surface area (Å²) >= 11 is 0. The van der Waals surface area contributed by atoms with Crippen molar-refractivity contribution < 1.29 is 8.91 Å². The van der Waals surface area contributed by atoms with E-state index in [1.165, 1.54) is 0 Å². The van der Waals surface area contributed by atoms with Gasteiger partial charge in [-0.1, -0.05) is 17.3 Å². The summed E-state index contributed by atoms with van der Waals surface area (Å²) in [5, 5.41) is 10.2. The molecule has 1 aromatic carbocycles. The second-order valence-electron chi connectivity index (χ2n) is 5.24. The molecule has 0 spiro atoms. The number of benzene rings is 1. The zero-order valence-corrected chi connectivity index (χ0v) is 13.3. The molecule has 0 aliphatic carbocycles. The second kappa shape index (κ2) is 7.06. The first-order valence-electron chi connectivity index (χ1n) is 7.15. The first-order valence-corrected chi connectivity index (χ1v) is 7.15. The third kappa shape index (κ3) is 4.07. The van der Waals surface area contributed by atoms with Gasteiger partial charge in [-0.05, 0) is 38.0 Å². The highest BCUT2D eigenvalue weighted by Crippen LogP contribution is 2.16. The van der Waals surface area contributed by atoms with Crippen molar-refractivity contribution in [3.63, 3.8) is 0 Å². The molecule has 118 valence electrons. The number of hydrogen-bond acceptors (Lipinski definition) is 3. The van der Waals surface area contributed by atoms with Crippen LogP contribution in [0.25, 0.3) is 0 Å². The van der Waals surface area contributed by atoms with E-state index >= 15 is 0 Å².